The fourth-order valence-electron chi connectivity index (χ4n) is 5.40. The molecule has 5 rings (SSSR count). The number of cyclic esters (lactones) is 1. The largest absolute Gasteiger partial charge is 0.496 e. The zero-order valence-corrected chi connectivity index (χ0v) is 23.4. The van der Waals surface area contributed by atoms with Crippen LogP contribution < -0.4 is 4.74 Å². The molecule has 1 aliphatic rings. The quantitative estimate of drug-likeness (QED) is 0.218. The molecule has 1 unspecified atom stereocenters. The van der Waals surface area contributed by atoms with E-state index < -0.39 is 41.8 Å². The van der Waals surface area contributed by atoms with E-state index in [2.05, 4.69) is 0 Å². The van der Waals surface area contributed by atoms with Gasteiger partial charge in [-0.25, -0.2) is 14.0 Å². The zero-order valence-electron chi connectivity index (χ0n) is 23.4. The molecule has 4 aromatic rings. The number of carboxylic acids is 1. The van der Waals surface area contributed by atoms with E-state index in [4.69, 9.17) is 9.47 Å². The Morgan fingerprint density at radius 2 is 1.72 bits per heavy atom. The second kappa shape index (κ2) is 11.4. The average Bonchev–Trinajstić information content (AvgIpc) is 3.24. The van der Waals surface area contributed by atoms with E-state index in [9.17, 15) is 32.3 Å². The number of carbonyl (C=O) groups is 2. The third-order valence-electron chi connectivity index (χ3n) is 7.62. The van der Waals surface area contributed by atoms with Crippen molar-refractivity contribution in [3.63, 3.8) is 0 Å². The topological polar surface area (TPSA) is 76.1 Å². The van der Waals surface area contributed by atoms with Gasteiger partial charge in [0.25, 0.3) is 0 Å². The molecular formula is C33H27F4NO5. The first-order valence-electron chi connectivity index (χ1n) is 13.3. The monoisotopic (exact) mass is 593 g/mol. The lowest BCUT2D eigenvalue weighted by Gasteiger charge is -2.24. The second-order valence-corrected chi connectivity index (χ2v) is 10.3. The summed E-state index contributed by atoms with van der Waals surface area (Å²) in [6.07, 6.45) is -6.18. The average molecular weight is 594 g/mol. The van der Waals surface area contributed by atoms with Crippen molar-refractivity contribution in [2.24, 2.45) is 0 Å². The summed E-state index contributed by atoms with van der Waals surface area (Å²) in [5.74, 6) is -1.17. The molecule has 0 spiro atoms. The number of rotatable bonds is 7. The lowest BCUT2D eigenvalue weighted by Crippen LogP contribution is -2.31. The van der Waals surface area contributed by atoms with Gasteiger partial charge < -0.3 is 14.6 Å². The van der Waals surface area contributed by atoms with Crippen LogP contribution >= 0.6 is 0 Å². The van der Waals surface area contributed by atoms with Gasteiger partial charge in [-0.2, -0.15) is 13.2 Å². The number of halogens is 4. The lowest BCUT2D eigenvalue weighted by atomic mass is 9.91. The molecule has 43 heavy (non-hydrogen) atoms. The number of hydrogen-bond acceptors (Lipinski definition) is 4. The van der Waals surface area contributed by atoms with E-state index >= 15 is 0 Å². The first-order valence-corrected chi connectivity index (χ1v) is 13.3. The van der Waals surface area contributed by atoms with Gasteiger partial charge in [0.2, 0.25) is 0 Å². The van der Waals surface area contributed by atoms with Crippen LogP contribution in [0.25, 0.3) is 22.3 Å². The van der Waals surface area contributed by atoms with Crippen LogP contribution in [0.4, 0.5) is 22.4 Å². The molecule has 0 radical (unpaired) electrons. The fraction of sp³-hybridized carbons (Fsp3) is 0.212. The second-order valence-electron chi connectivity index (χ2n) is 10.3. The van der Waals surface area contributed by atoms with E-state index in [-0.39, 0.29) is 17.7 Å². The van der Waals surface area contributed by atoms with E-state index in [1.807, 2.05) is 0 Å². The highest BCUT2D eigenvalue weighted by atomic mass is 19.4. The number of carbonyl (C=O) groups excluding carboxylic acids is 1. The van der Waals surface area contributed by atoms with Gasteiger partial charge in [-0.15, -0.1) is 0 Å². The van der Waals surface area contributed by atoms with Crippen LogP contribution in [0.3, 0.4) is 0 Å². The summed E-state index contributed by atoms with van der Waals surface area (Å²) in [7, 11) is 1.44. The van der Waals surface area contributed by atoms with Crippen molar-refractivity contribution >= 4 is 12.1 Å². The number of methoxy groups -OCH3 is 1. The molecule has 1 saturated heterocycles. The van der Waals surface area contributed by atoms with Gasteiger partial charge in [0, 0.05) is 5.56 Å². The molecule has 0 aliphatic carbocycles. The van der Waals surface area contributed by atoms with E-state index in [0.717, 1.165) is 17.7 Å². The number of nitrogens with zero attached hydrogens (tertiary/aromatic N) is 1. The predicted molar refractivity (Wildman–Crippen MR) is 151 cm³/mol. The van der Waals surface area contributed by atoms with Crippen molar-refractivity contribution in [2.75, 3.05) is 7.11 Å². The Hall–Kier alpha value is -4.86. The van der Waals surface area contributed by atoms with Crippen molar-refractivity contribution in [3.05, 3.63) is 112 Å². The molecule has 10 heteroatoms. The molecule has 2 atom stereocenters. The Balaban J connectivity index is 1.59. The highest BCUT2D eigenvalue weighted by molar-refractivity contribution is 5.89. The Kier molecular flexibility index (Phi) is 7.88. The van der Waals surface area contributed by atoms with Crippen LogP contribution in [0.15, 0.2) is 78.9 Å². The van der Waals surface area contributed by atoms with Gasteiger partial charge in [-0.1, -0.05) is 30.3 Å². The number of alkyl halides is 3. The van der Waals surface area contributed by atoms with Gasteiger partial charge in [0.05, 0.1) is 30.8 Å². The normalized spacial score (nSPS) is 16.7. The molecule has 222 valence electrons. The lowest BCUT2D eigenvalue weighted by molar-refractivity contribution is -0.137. The van der Waals surface area contributed by atoms with Crippen molar-refractivity contribution < 1.29 is 41.7 Å². The van der Waals surface area contributed by atoms with Crippen LogP contribution in [-0.2, 0) is 17.5 Å². The minimum atomic E-state index is -4.64. The highest BCUT2D eigenvalue weighted by Gasteiger charge is 2.40. The molecule has 1 aliphatic heterocycles. The highest BCUT2D eigenvalue weighted by Crippen LogP contribution is 2.41. The maximum atomic E-state index is 13.9. The number of benzene rings is 4. The summed E-state index contributed by atoms with van der Waals surface area (Å²) in [5.41, 5.74) is 2.88. The van der Waals surface area contributed by atoms with E-state index in [0.29, 0.717) is 33.6 Å². The summed E-state index contributed by atoms with van der Waals surface area (Å²) < 4.78 is 66.6. The number of amides is 1. The maximum absolute atomic E-state index is 13.9. The van der Waals surface area contributed by atoms with Crippen molar-refractivity contribution in [2.45, 2.75) is 38.7 Å². The van der Waals surface area contributed by atoms with Gasteiger partial charge in [0.15, 0.2) is 0 Å². The predicted octanol–water partition coefficient (Wildman–Crippen LogP) is 8.28. The Bertz CT molecular complexity index is 1720. The van der Waals surface area contributed by atoms with Crippen LogP contribution in [0.2, 0.25) is 0 Å². The molecule has 0 aromatic heterocycles. The maximum Gasteiger partial charge on any atom is 0.416 e. The first kappa shape index (κ1) is 29.6. The summed E-state index contributed by atoms with van der Waals surface area (Å²) in [5, 5.41) is 9.34. The Morgan fingerprint density at radius 1 is 0.977 bits per heavy atom. The van der Waals surface area contributed by atoms with Crippen molar-refractivity contribution in [1.29, 1.82) is 0 Å². The standard InChI is InChI=1S/C33H27F4NO5/c1-18-13-22(31(39)40)7-10-26(18)20-8-12-29(42-3)28(16-20)27-11-9-24(33(35,36)37)14-23(27)17-38-19(2)30(43-32(38)41)21-5-4-6-25(34)15-21/h4-16,19,30H,17H2,1-3H3,(H,39,40)/t19?,30-/m0/s1. The number of ether oxygens (including phenoxy) is 2. The Morgan fingerprint density at radius 3 is 2.37 bits per heavy atom. The molecule has 1 amide bonds. The van der Waals surface area contributed by atoms with Gasteiger partial charge in [0.1, 0.15) is 17.7 Å². The molecule has 0 bridgehead atoms. The summed E-state index contributed by atoms with van der Waals surface area (Å²) >= 11 is 0. The van der Waals surface area contributed by atoms with Crippen molar-refractivity contribution in [1.82, 2.24) is 4.90 Å². The number of aromatic carboxylic acids is 1. The van der Waals surface area contributed by atoms with Crippen LogP contribution in [0.1, 0.15) is 45.6 Å². The van der Waals surface area contributed by atoms with Crippen LogP contribution in [0.5, 0.6) is 5.75 Å². The molecule has 0 saturated carbocycles. The molecule has 1 heterocycles. The minimum Gasteiger partial charge on any atom is -0.496 e. The number of hydrogen-bond donors (Lipinski definition) is 1. The Labute approximate surface area is 245 Å². The third kappa shape index (κ3) is 5.90. The van der Waals surface area contributed by atoms with Gasteiger partial charge in [-0.05, 0) is 95.8 Å². The summed E-state index contributed by atoms with van der Waals surface area (Å²) in [6, 6.07) is 18.3. The SMILES string of the molecule is COc1ccc(-c2ccc(C(=O)O)cc2C)cc1-c1ccc(C(F)(F)F)cc1CN1C(=O)O[C@H](c2cccc(F)c2)C1C. The number of carboxylic acid groups (broad SMARTS) is 1. The van der Waals surface area contributed by atoms with Gasteiger partial charge >= 0.3 is 18.2 Å². The molecule has 6 nitrogen and oxygen atoms in total. The molecule has 4 aromatic carbocycles. The van der Waals surface area contributed by atoms with Crippen molar-refractivity contribution in [3.8, 4) is 28.0 Å². The smallest absolute Gasteiger partial charge is 0.416 e. The van der Waals surface area contributed by atoms with Crippen LogP contribution in [-0.4, -0.2) is 35.2 Å². The number of aryl methyl sites for hydroxylation is 1. The van der Waals surface area contributed by atoms with Gasteiger partial charge in [-0.3, -0.25) is 4.90 Å². The molecule has 1 fully saturated rings. The summed E-state index contributed by atoms with van der Waals surface area (Å²) in [6.45, 7) is 3.24. The van der Waals surface area contributed by atoms with E-state index in [1.54, 1.807) is 50.2 Å². The fourth-order valence-corrected chi connectivity index (χ4v) is 5.40. The zero-order chi connectivity index (χ0) is 31.1. The van der Waals surface area contributed by atoms with Crippen LogP contribution in [0, 0.1) is 12.7 Å². The molecular weight excluding hydrogens is 566 g/mol. The van der Waals surface area contributed by atoms with E-state index in [1.165, 1.54) is 42.3 Å². The third-order valence-corrected chi connectivity index (χ3v) is 7.62. The minimum absolute atomic E-state index is 0.128. The molecule has 1 N–H and O–H groups in total. The first-order chi connectivity index (χ1) is 20.4. The summed E-state index contributed by atoms with van der Waals surface area (Å²) in [4.78, 5) is 25.7.